The molecule has 0 radical (unpaired) electrons. The van der Waals surface area contributed by atoms with E-state index in [1.165, 1.54) is 17.5 Å². The summed E-state index contributed by atoms with van der Waals surface area (Å²) in [5.41, 5.74) is 1.84. The Morgan fingerprint density at radius 3 is 2.66 bits per heavy atom. The molecular formula is C23H24F3N5O. The number of anilines is 1. The largest absolute Gasteiger partial charge is 0.431 e. The van der Waals surface area contributed by atoms with E-state index in [0.29, 0.717) is 23.0 Å². The van der Waals surface area contributed by atoms with Gasteiger partial charge < -0.3 is 15.0 Å². The summed E-state index contributed by atoms with van der Waals surface area (Å²) < 4.78 is 45.5. The molecule has 1 aromatic carbocycles. The number of aromatic amines is 1. The zero-order valence-corrected chi connectivity index (χ0v) is 17.4. The van der Waals surface area contributed by atoms with Gasteiger partial charge in [0, 0.05) is 31.0 Å². The van der Waals surface area contributed by atoms with E-state index in [2.05, 4.69) is 37.3 Å². The molecule has 2 fully saturated rings. The minimum absolute atomic E-state index is 0.0676. The van der Waals surface area contributed by atoms with Gasteiger partial charge in [0.1, 0.15) is 23.5 Å². The highest BCUT2D eigenvalue weighted by atomic mass is 19.4. The maximum Gasteiger partial charge on any atom is 0.431 e. The molecule has 4 heterocycles. The summed E-state index contributed by atoms with van der Waals surface area (Å²) in [5.74, 6) is 1.56. The molecule has 0 saturated carbocycles. The van der Waals surface area contributed by atoms with Gasteiger partial charge in [-0.05, 0) is 30.0 Å². The molecule has 2 aliphatic heterocycles. The van der Waals surface area contributed by atoms with Crippen LogP contribution in [0, 0.1) is 11.8 Å². The van der Waals surface area contributed by atoms with E-state index in [0.717, 1.165) is 45.2 Å². The first kappa shape index (κ1) is 20.0. The average Bonchev–Trinajstić information content (AvgIpc) is 3.48. The quantitative estimate of drug-likeness (QED) is 0.640. The number of benzene rings is 1. The number of aryl methyl sites for hydroxylation is 1. The number of fused-ring (bicyclic) bond motifs is 3. The number of rotatable bonds is 3. The second-order valence-electron chi connectivity index (χ2n) is 9.10. The van der Waals surface area contributed by atoms with Crippen molar-refractivity contribution < 1.29 is 17.9 Å². The first-order valence-electron chi connectivity index (χ1n) is 11.0. The van der Waals surface area contributed by atoms with Crippen molar-refractivity contribution in [3.8, 4) is 0 Å². The van der Waals surface area contributed by atoms with Crippen LogP contribution in [0.25, 0.3) is 11.0 Å². The van der Waals surface area contributed by atoms with Crippen molar-refractivity contribution in [2.75, 3.05) is 31.6 Å². The van der Waals surface area contributed by atoms with Gasteiger partial charge in [0.05, 0.1) is 24.6 Å². The topological polar surface area (TPSA) is 66.1 Å². The Morgan fingerprint density at radius 1 is 1.09 bits per heavy atom. The van der Waals surface area contributed by atoms with Crippen LogP contribution in [0.4, 0.5) is 19.0 Å². The van der Waals surface area contributed by atoms with E-state index >= 15 is 0 Å². The summed E-state index contributed by atoms with van der Waals surface area (Å²) in [6, 6.07) is 9.59. The Bertz CT molecular complexity index is 1130. The highest BCUT2D eigenvalue weighted by molar-refractivity contribution is 5.88. The number of hydrogen-bond acceptors (Lipinski definition) is 5. The number of hydrogen-bond donors (Lipinski definition) is 2. The van der Waals surface area contributed by atoms with Crippen molar-refractivity contribution in [2.45, 2.75) is 31.1 Å². The van der Waals surface area contributed by atoms with Crippen molar-refractivity contribution in [3.05, 3.63) is 53.5 Å². The molecule has 3 aliphatic rings. The number of alkyl halides is 3. The highest BCUT2D eigenvalue weighted by Gasteiger charge is 2.43. The van der Waals surface area contributed by atoms with Crippen LogP contribution in [0.5, 0.6) is 0 Å². The third kappa shape index (κ3) is 3.34. The van der Waals surface area contributed by atoms with Crippen molar-refractivity contribution in [2.24, 2.45) is 11.8 Å². The number of ether oxygens (including phenoxy) is 1. The van der Waals surface area contributed by atoms with Crippen LogP contribution in [-0.2, 0) is 17.3 Å². The average molecular weight is 443 g/mol. The van der Waals surface area contributed by atoms with E-state index in [1.54, 1.807) is 0 Å². The summed E-state index contributed by atoms with van der Waals surface area (Å²) in [6.07, 6.45) is -1.18. The third-order valence-corrected chi connectivity index (χ3v) is 7.25. The molecule has 0 amide bonds. The van der Waals surface area contributed by atoms with E-state index in [9.17, 15) is 13.2 Å². The predicted molar refractivity (Wildman–Crippen MR) is 113 cm³/mol. The molecule has 6 nitrogen and oxygen atoms in total. The number of nitrogens with zero attached hydrogens (tertiary/aromatic N) is 3. The van der Waals surface area contributed by atoms with E-state index in [-0.39, 0.29) is 17.7 Å². The van der Waals surface area contributed by atoms with Crippen molar-refractivity contribution in [1.29, 1.82) is 0 Å². The molecule has 2 aromatic heterocycles. The standard InChI is InChI=1S/C23H24F3N5O/c24-23(25,26)19-7-17-21(29-19)27-12-28-22(17)30-20-16-4-2-1-3-13(16)5-6-18(20)31-8-14-10-32-11-15(14)9-31/h1-4,7,12,14-15,18,20H,5-6,8-11H2,(H2,27,28,29,30)/t14?,15?,18-,20?/m0/s1. The van der Waals surface area contributed by atoms with Gasteiger partial charge in [-0.2, -0.15) is 13.2 Å². The number of aromatic nitrogens is 3. The van der Waals surface area contributed by atoms with Crippen LogP contribution in [0.1, 0.15) is 29.3 Å². The molecule has 4 atom stereocenters. The van der Waals surface area contributed by atoms with Gasteiger partial charge in [0.25, 0.3) is 0 Å². The fraction of sp³-hybridized carbons (Fsp3) is 0.478. The number of nitrogens with one attached hydrogen (secondary N) is 2. The van der Waals surface area contributed by atoms with Crippen molar-refractivity contribution in [1.82, 2.24) is 19.9 Å². The lowest BCUT2D eigenvalue weighted by atomic mass is 9.83. The summed E-state index contributed by atoms with van der Waals surface area (Å²) in [4.78, 5) is 13.3. The Morgan fingerprint density at radius 2 is 1.88 bits per heavy atom. The van der Waals surface area contributed by atoms with Crippen molar-refractivity contribution in [3.63, 3.8) is 0 Å². The highest BCUT2D eigenvalue weighted by Crippen LogP contribution is 2.41. The smallest absolute Gasteiger partial charge is 0.381 e. The normalized spacial score (nSPS) is 28.1. The van der Waals surface area contributed by atoms with E-state index in [4.69, 9.17) is 4.74 Å². The van der Waals surface area contributed by atoms with Gasteiger partial charge in [-0.3, -0.25) is 4.90 Å². The summed E-state index contributed by atoms with van der Waals surface area (Å²) in [6.45, 7) is 3.63. The molecule has 3 aromatic rings. The predicted octanol–water partition coefficient (Wildman–Crippen LogP) is 4.02. The Balaban J connectivity index is 1.37. The van der Waals surface area contributed by atoms with Gasteiger partial charge >= 0.3 is 6.18 Å². The fourth-order valence-electron chi connectivity index (χ4n) is 5.66. The number of H-pyrrole nitrogens is 1. The number of halogens is 3. The first-order chi connectivity index (χ1) is 15.5. The molecule has 0 bridgehead atoms. The Kier molecular flexibility index (Phi) is 4.65. The molecule has 0 spiro atoms. The molecule has 9 heteroatoms. The molecule has 2 saturated heterocycles. The van der Waals surface area contributed by atoms with Gasteiger partial charge in [-0.15, -0.1) is 0 Å². The number of likely N-dealkylation sites (tertiary alicyclic amines) is 1. The SMILES string of the molecule is FC(F)(F)c1cc2c(NC3c4ccccc4CC[C@@H]3N3CC4COCC4C3)ncnc2[nH]1. The summed E-state index contributed by atoms with van der Waals surface area (Å²) in [5, 5.41) is 3.88. The zero-order chi connectivity index (χ0) is 21.9. The second-order valence-corrected chi connectivity index (χ2v) is 9.10. The lowest BCUT2D eigenvalue weighted by molar-refractivity contribution is -0.140. The van der Waals surface area contributed by atoms with Crippen LogP contribution in [0.15, 0.2) is 36.7 Å². The van der Waals surface area contributed by atoms with Gasteiger partial charge in [0.15, 0.2) is 0 Å². The molecular weight excluding hydrogens is 419 g/mol. The van der Waals surface area contributed by atoms with E-state index < -0.39 is 11.9 Å². The third-order valence-electron chi connectivity index (χ3n) is 7.25. The minimum atomic E-state index is -4.46. The lowest BCUT2D eigenvalue weighted by Gasteiger charge is -2.40. The zero-order valence-electron chi connectivity index (χ0n) is 17.4. The molecule has 3 unspecified atom stereocenters. The van der Waals surface area contributed by atoms with Gasteiger partial charge in [-0.25, -0.2) is 9.97 Å². The lowest BCUT2D eigenvalue weighted by Crippen LogP contribution is -2.44. The summed E-state index contributed by atoms with van der Waals surface area (Å²) in [7, 11) is 0. The molecule has 32 heavy (non-hydrogen) atoms. The maximum atomic E-state index is 13.3. The second kappa shape index (κ2) is 7.45. The summed E-state index contributed by atoms with van der Waals surface area (Å²) >= 11 is 0. The van der Waals surface area contributed by atoms with E-state index in [1.807, 2.05) is 12.1 Å². The Hall–Kier alpha value is -2.65. The fourth-order valence-corrected chi connectivity index (χ4v) is 5.66. The maximum absolute atomic E-state index is 13.3. The van der Waals surface area contributed by atoms with Crippen LogP contribution >= 0.6 is 0 Å². The molecule has 6 rings (SSSR count). The van der Waals surface area contributed by atoms with Gasteiger partial charge in [0.2, 0.25) is 0 Å². The molecule has 168 valence electrons. The van der Waals surface area contributed by atoms with Crippen LogP contribution in [0.2, 0.25) is 0 Å². The molecule has 1 aliphatic carbocycles. The minimum Gasteiger partial charge on any atom is -0.381 e. The van der Waals surface area contributed by atoms with Crippen molar-refractivity contribution >= 4 is 16.9 Å². The van der Waals surface area contributed by atoms with Crippen LogP contribution in [0.3, 0.4) is 0 Å². The first-order valence-corrected chi connectivity index (χ1v) is 11.0. The monoisotopic (exact) mass is 443 g/mol. The van der Waals surface area contributed by atoms with Crippen LogP contribution in [-0.4, -0.2) is 52.2 Å². The van der Waals surface area contributed by atoms with Gasteiger partial charge in [-0.1, -0.05) is 24.3 Å². The molecule has 2 N–H and O–H groups in total. The Labute approximate surface area is 183 Å². The van der Waals surface area contributed by atoms with Crippen LogP contribution < -0.4 is 5.32 Å².